The quantitative estimate of drug-likeness (QED) is 0.574. The highest BCUT2D eigenvalue weighted by molar-refractivity contribution is 7.93. The van der Waals surface area contributed by atoms with Crippen molar-refractivity contribution in [3.8, 4) is 5.75 Å². The van der Waals surface area contributed by atoms with Gasteiger partial charge in [0.05, 0.1) is 12.7 Å². The first-order chi connectivity index (χ1) is 12.1. The lowest BCUT2D eigenvalue weighted by molar-refractivity contribution is -0.143. The molecule has 0 aromatic heterocycles. The number of anilines is 1. The highest BCUT2D eigenvalue weighted by atomic mass is 32.2. The van der Waals surface area contributed by atoms with Crippen molar-refractivity contribution in [1.29, 1.82) is 0 Å². The summed E-state index contributed by atoms with van der Waals surface area (Å²) in [6.45, 7) is 3.23. The van der Waals surface area contributed by atoms with Gasteiger partial charge < -0.3 is 19.5 Å². The molecule has 0 fully saturated rings. The zero-order valence-corrected chi connectivity index (χ0v) is 15.8. The van der Waals surface area contributed by atoms with Crippen molar-refractivity contribution in [2.45, 2.75) is 20.0 Å². The Kier molecular flexibility index (Phi) is 8.33. The molecule has 0 saturated carbocycles. The molecule has 0 aliphatic carbocycles. The molecule has 0 spiro atoms. The van der Waals surface area contributed by atoms with E-state index in [1.807, 2.05) is 13.8 Å². The molecule has 2 N–H and O–H groups in total. The standard InChI is InChI=1S/C16H24N2O7S/c1-12(2)25-14-6-4-13(5-7-14)17-26(22,23)11-15(19)18(8-9-24-3)10-16(20)21/h4-7,12,17H,8-11H2,1-3H3,(H,20,21). The lowest BCUT2D eigenvalue weighted by atomic mass is 10.3. The number of carbonyl (C=O) groups is 2. The molecule has 9 nitrogen and oxygen atoms in total. The smallest absolute Gasteiger partial charge is 0.323 e. The average molecular weight is 388 g/mol. The highest BCUT2D eigenvalue weighted by Crippen LogP contribution is 2.18. The number of hydrogen-bond donors (Lipinski definition) is 2. The summed E-state index contributed by atoms with van der Waals surface area (Å²) in [7, 11) is -2.59. The lowest BCUT2D eigenvalue weighted by Gasteiger charge is -2.20. The van der Waals surface area contributed by atoms with Crippen LogP contribution in [0.2, 0.25) is 0 Å². The van der Waals surface area contributed by atoms with E-state index in [2.05, 4.69) is 4.72 Å². The van der Waals surface area contributed by atoms with Crippen LogP contribution in [-0.2, 0) is 24.3 Å². The topological polar surface area (TPSA) is 122 Å². The summed E-state index contributed by atoms with van der Waals surface area (Å²) in [6, 6.07) is 6.24. The third-order valence-corrected chi connectivity index (χ3v) is 4.23. The normalized spacial score (nSPS) is 11.2. The Morgan fingerprint density at radius 1 is 1.23 bits per heavy atom. The first-order valence-corrected chi connectivity index (χ1v) is 9.54. The number of benzene rings is 1. The first kappa shape index (κ1) is 21.7. The summed E-state index contributed by atoms with van der Waals surface area (Å²) < 4.78 is 36.9. The van der Waals surface area contributed by atoms with Gasteiger partial charge in [-0.05, 0) is 38.1 Å². The van der Waals surface area contributed by atoms with Crippen LogP contribution < -0.4 is 9.46 Å². The van der Waals surface area contributed by atoms with Gasteiger partial charge in [0.15, 0.2) is 0 Å². The van der Waals surface area contributed by atoms with E-state index < -0.39 is 34.2 Å². The number of aliphatic carboxylic acids is 1. The number of nitrogens with zero attached hydrogens (tertiary/aromatic N) is 1. The van der Waals surface area contributed by atoms with E-state index >= 15 is 0 Å². The Balaban J connectivity index is 2.73. The van der Waals surface area contributed by atoms with Gasteiger partial charge in [-0.25, -0.2) is 8.42 Å². The zero-order valence-electron chi connectivity index (χ0n) is 15.0. The predicted octanol–water partition coefficient (Wildman–Crippen LogP) is 0.775. The van der Waals surface area contributed by atoms with Gasteiger partial charge in [-0.15, -0.1) is 0 Å². The van der Waals surface area contributed by atoms with E-state index in [0.29, 0.717) is 5.75 Å². The molecule has 0 atom stereocenters. The number of methoxy groups -OCH3 is 1. The number of rotatable bonds is 11. The van der Waals surface area contributed by atoms with Crippen LogP contribution in [0.1, 0.15) is 13.8 Å². The predicted molar refractivity (Wildman–Crippen MR) is 95.7 cm³/mol. The maximum Gasteiger partial charge on any atom is 0.323 e. The third kappa shape index (κ3) is 8.17. The molecule has 1 aromatic rings. The monoisotopic (exact) mass is 388 g/mol. The molecular weight excluding hydrogens is 364 g/mol. The maximum absolute atomic E-state index is 12.2. The fourth-order valence-electron chi connectivity index (χ4n) is 2.00. The Hall–Kier alpha value is -2.33. The van der Waals surface area contributed by atoms with Gasteiger partial charge in [-0.1, -0.05) is 0 Å². The van der Waals surface area contributed by atoms with Crippen LogP contribution in [0, 0.1) is 0 Å². The summed E-state index contributed by atoms with van der Waals surface area (Å²) in [4.78, 5) is 23.9. The third-order valence-electron chi connectivity index (χ3n) is 3.06. The number of hydrogen-bond acceptors (Lipinski definition) is 6. The van der Waals surface area contributed by atoms with Crippen molar-refractivity contribution in [3.05, 3.63) is 24.3 Å². The van der Waals surface area contributed by atoms with Crippen LogP contribution >= 0.6 is 0 Å². The summed E-state index contributed by atoms with van der Waals surface area (Å²) in [5.74, 6) is -2.34. The fraction of sp³-hybridized carbons (Fsp3) is 0.500. The molecule has 1 rings (SSSR count). The summed E-state index contributed by atoms with van der Waals surface area (Å²) in [5, 5.41) is 8.84. The number of sulfonamides is 1. The van der Waals surface area contributed by atoms with Crippen molar-refractivity contribution in [3.63, 3.8) is 0 Å². The first-order valence-electron chi connectivity index (χ1n) is 7.88. The SMILES string of the molecule is COCCN(CC(=O)O)C(=O)CS(=O)(=O)Nc1ccc(OC(C)C)cc1. The molecule has 146 valence electrons. The van der Waals surface area contributed by atoms with Crippen LogP contribution in [0.3, 0.4) is 0 Å². The second kappa shape index (κ2) is 9.97. The van der Waals surface area contributed by atoms with Crippen molar-refractivity contribution in [1.82, 2.24) is 4.90 Å². The largest absolute Gasteiger partial charge is 0.491 e. The minimum atomic E-state index is -3.99. The van der Waals surface area contributed by atoms with Gasteiger partial charge in [0.25, 0.3) is 0 Å². The number of carbonyl (C=O) groups excluding carboxylic acids is 1. The van der Waals surface area contributed by atoms with Crippen molar-refractivity contribution in [2.24, 2.45) is 0 Å². The maximum atomic E-state index is 12.2. The average Bonchev–Trinajstić information content (AvgIpc) is 2.51. The number of amides is 1. The summed E-state index contributed by atoms with van der Waals surface area (Å²) in [5.41, 5.74) is 0.274. The Morgan fingerprint density at radius 2 is 1.85 bits per heavy atom. The Morgan fingerprint density at radius 3 is 2.35 bits per heavy atom. The molecule has 0 aliphatic rings. The van der Waals surface area contributed by atoms with Crippen LogP contribution in [-0.4, -0.2) is 69.0 Å². The molecule has 0 unspecified atom stereocenters. The van der Waals surface area contributed by atoms with E-state index in [1.54, 1.807) is 12.1 Å². The summed E-state index contributed by atoms with van der Waals surface area (Å²) in [6.07, 6.45) is -0.0116. The minimum absolute atomic E-state index is 0.0116. The van der Waals surface area contributed by atoms with Gasteiger partial charge in [0.2, 0.25) is 15.9 Å². The fourth-order valence-corrected chi connectivity index (χ4v) is 3.07. The lowest BCUT2D eigenvalue weighted by Crippen LogP contribution is -2.42. The second-order valence-electron chi connectivity index (χ2n) is 5.75. The van der Waals surface area contributed by atoms with E-state index in [-0.39, 0.29) is 24.9 Å². The zero-order chi connectivity index (χ0) is 19.7. The molecule has 0 heterocycles. The molecule has 0 aliphatic heterocycles. The van der Waals surface area contributed by atoms with Gasteiger partial charge in [-0.3, -0.25) is 14.3 Å². The van der Waals surface area contributed by atoms with Crippen molar-refractivity contribution in [2.75, 3.05) is 37.3 Å². The molecule has 0 saturated heterocycles. The van der Waals surface area contributed by atoms with Gasteiger partial charge in [0.1, 0.15) is 18.0 Å². The van der Waals surface area contributed by atoms with Gasteiger partial charge in [0, 0.05) is 19.3 Å². The van der Waals surface area contributed by atoms with Crippen LogP contribution in [0.5, 0.6) is 5.75 Å². The molecule has 0 radical (unpaired) electrons. The Labute approximate surface area is 152 Å². The van der Waals surface area contributed by atoms with E-state index in [0.717, 1.165) is 4.90 Å². The van der Waals surface area contributed by atoms with Gasteiger partial charge in [-0.2, -0.15) is 0 Å². The molecule has 10 heteroatoms. The van der Waals surface area contributed by atoms with E-state index in [1.165, 1.54) is 19.2 Å². The number of ether oxygens (including phenoxy) is 2. The van der Waals surface area contributed by atoms with Crippen LogP contribution in [0.15, 0.2) is 24.3 Å². The highest BCUT2D eigenvalue weighted by Gasteiger charge is 2.23. The van der Waals surface area contributed by atoms with E-state index in [9.17, 15) is 18.0 Å². The number of carboxylic acid groups (broad SMARTS) is 1. The van der Waals surface area contributed by atoms with Gasteiger partial charge >= 0.3 is 5.97 Å². The Bertz CT molecular complexity index is 702. The summed E-state index contributed by atoms with van der Waals surface area (Å²) >= 11 is 0. The molecule has 1 amide bonds. The van der Waals surface area contributed by atoms with Crippen molar-refractivity contribution < 1.29 is 32.6 Å². The number of carboxylic acids is 1. The van der Waals surface area contributed by atoms with Crippen molar-refractivity contribution >= 4 is 27.6 Å². The molecule has 0 bridgehead atoms. The number of nitrogens with one attached hydrogen (secondary N) is 1. The van der Waals surface area contributed by atoms with E-state index in [4.69, 9.17) is 14.6 Å². The molecular formula is C16H24N2O7S. The minimum Gasteiger partial charge on any atom is -0.491 e. The molecule has 1 aromatic carbocycles. The van der Waals surface area contributed by atoms with Crippen LogP contribution in [0.4, 0.5) is 5.69 Å². The van der Waals surface area contributed by atoms with Crippen LogP contribution in [0.25, 0.3) is 0 Å². The second-order valence-corrected chi connectivity index (χ2v) is 7.48. The molecule has 26 heavy (non-hydrogen) atoms.